The van der Waals surface area contributed by atoms with E-state index in [9.17, 15) is 4.79 Å². The van der Waals surface area contributed by atoms with Crippen LogP contribution in [-0.4, -0.2) is 11.1 Å². The van der Waals surface area contributed by atoms with E-state index in [4.69, 9.17) is 16.7 Å². The van der Waals surface area contributed by atoms with Crippen LogP contribution in [0.15, 0.2) is 48.5 Å². The Morgan fingerprint density at radius 3 is 2.24 bits per heavy atom. The molecular formula is C17H18ClNO2. The number of hydrogen-bond acceptors (Lipinski definition) is 2. The van der Waals surface area contributed by atoms with Crippen LogP contribution in [0.3, 0.4) is 0 Å². The van der Waals surface area contributed by atoms with Gasteiger partial charge in [0.05, 0.1) is 6.42 Å². The van der Waals surface area contributed by atoms with Crippen molar-refractivity contribution in [2.75, 3.05) is 0 Å². The second-order valence-corrected chi connectivity index (χ2v) is 5.48. The number of carboxylic acid groups (broad SMARTS) is 1. The maximum atomic E-state index is 10.6. The van der Waals surface area contributed by atoms with Crippen LogP contribution in [0.4, 0.5) is 0 Å². The van der Waals surface area contributed by atoms with Gasteiger partial charge in [-0.25, -0.2) is 0 Å². The fourth-order valence-electron chi connectivity index (χ4n) is 2.09. The van der Waals surface area contributed by atoms with Gasteiger partial charge in [0.25, 0.3) is 0 Å². The Morgan fingerprint density at radius 1 is 1.10 bits per heavy atom. The Balaban J connectivity index is 1.90. The van der Waals surface area contributed by atoms with E-state index in [1.165, 1.54) is 5.56 Å². The first-order valence-corrected chi connectivity index (χ1v) is 7.21. The first-order chi connectivity index (χ1) is 10.0. The zero-order valence-corrected chi connectivity index (χ0v) is 12.6. The number of carboxylic acids is 1. The van der Waals surface area contributed by atoms with Crippen LogP contribution in [0.25, 0.3) is 0 Å². The minimum atomic E-state index is -0.808. The van der Waals surface area contributed by atoms with Crippen molar-refractivity contribution in [3.8, 4) is 0 Å². The summed E-state index contributed by atoms with van der Waals surface area (Å²) in [4.78, 5) is 10.6. The highest BCUT2D eigenvalue weighted by molar-refractivity contribution is 6.30. The lowest BCUT2D eigenvalue weighted by atomic mass is 10.1. The molecule has 0 saturated heterocycles. The number of rotatable bonds is 6. The van der Waals surface area contributed by atoms with Crippen molar-refractivity contribution in [1.82, 2.24) is 5.32 Å². The topological polar surface area (TPSA) is 49.3 Å². The summed E-state index contributed by atoms with van der Waals surface area (Å²) in [7, 11) is 0. The average Bonchev–Trinajstić information content (AvgIpc) is 2.46. The van der Waals surface area contributed by atoms with Crippen LogP contribution in [0, 0.1) is 0 Å². The zero-order valence-electron chi connectivity index (χ0n) is 11.8. The molecule has 0 amide bonds. The summed E-state index contributed by atoms with van der Waals surface area (Å²) in [5.74, 6) is -0.808. The van der Waals surface area contributed by atoms with Gasteiger partial charge in [-0.3, -0.25) is 4.79 Å². The number of benzene rings is 2. The molecule has 2 aromatic carbocycles. The van der Waals surface area contributed by atoms with Crippen molar-refractivity contribution < 1.29 is 9.90 Å². The highest BCUT2D eigenvalue weighted by Gasteiger charge is 2.05. The van der Waals surface area contributed by atoms with E-state index in [-0.39, 0.29) is 12.5 Å². The summed E-state index contributed by atoms with van der Waals surface area (Å²) in [6, 6.07) is 15.6. The van der Waals surface area contributed by atoms with Crippen LogP contribution in [0.2, 0.25) is 5.02 Å². The Kier molecular flexibility index (Phi) is 5.37. The van der Waals surface area contributed by atoms with Crippen LogP contribution in [-0.2, 0) is 17.8 Å². The molecule has 110 valence electrons. The van der Waals surface area contributed by atoms with Crippen molar-refractivity contribution in [3.05, 3.63) is 70.2 Å². The molecule has 0 aromatic heterocycles. The van der Waals surface area contributed by atoms with Gasteiger partial charge in [-0.15, -0.1) is 0 Å². The standard InChI is InChI=1S/C17H18ClNO2/c1-12(15-6-8-16(18)9-7-15)19-11-14-4-2-13(3-5-14)10-17(20)21/h2-9,12,19H,10-11H2,1H3,(H,20,21)/t12-/m0/s1. The molecule has 0 aliphatic heterocycles. The van der Waals surface area contributed by atoms with Gasteiger partial charge in [-0.2, -0.15) is 0 Å². The molecule has 2 N–H and O–H groups in total. The second kappa shape index (κ2) is 7.25. The lowest BCUT2D eigenvalue weighted by Crippen LogP contribution is -2.18. The zero-order chi connectivity index (χ0) is 15.2. The van der Waals surface area contributed by atoms with Gasteiger partial charge in [0.2, 0.25) is 0 Å². The third-order valence-electron chi connectivity index (χ3n) is 3.36. The Bertz CT molecular complexity index is 593. The number of aliphatic carboxylic acids is 1. The summed E-state index contributed by atoms with van der Waals surface area (Å²) >= 11 is 5.88. The first-order valence-electron chi connectivity index (χ1n) is 6.83. The molecule has 2 rings (SSSR count). The number of carbonyl (C=O) groups is 1. The lowest BCUT2D eigenvalue weighted by molar-refractivity contribution is -0.136. The maximum absolute atomic E-state index is 10.6. The van der Waals surface area contributed by atoms with Crippen LogP contribution < -0.4 is 5.32 Å². The summed E-state index contributed by atoms with van der Waals surface area (Å²) in [6.45, 7) is 2.83. The maximum Gasteiger partial charge on any atom is 0.307 e. The van der Waals surface area contributed by atoms with E-state index < -0.39 is 5.97 Å². The Labute approximate surface area is 129 Å². The molecule has 0 saturated carbocycles. The SMILES string of the molecule is C[C@H](NCc1ccc(CC(=O)O)cc1)c1ccc(Cl)cc1. The van der Waals surface area contributed by atoms with Crippen LogP contribution >= 0.6 is 11.6 Å². The van der Waals surface area contributed by atoms with E-state index in [0.29, 0.717) is 0 Å². The van der Waals surface area contributed by atoms with Crippen molar-refractivity contribution >= 4 is 17.6 Å². The van der Waals surface area contributed by atoms with E-state index in [0.717, 1.165) is 22.7 Å². The molecular weight excluding hydrogens is 286 g/mol. The summed E-state index contributed by atoms with van der Waals surface area (Å²) in [5, 5.41) is 12.9. The van der Waals surface area contributed by atoms with Gasteiger partial charge in [0, 0.05) is 17.6 Å². The van der Waals surface area contributed by atoms with Gasteiger partial charge in [0.1, 0.15) is 0 Å². The molecule has 2 aromatic rings. The molecule has 0 unspecified atom stereocenters. The molecule has 0 fully saturated rings. The molecule has 3 nitrogen and oxygen atoms in total. The van der Waals surface area contributed by atoms with E-state index >= 15 is 0 Å². The predicted octanol–water partition coefficient (Wildman–Crippen LogP) is 3.82. The fourth-order valence-corrected chi connectivity index (χ4v) is 2.22. The van der Waals surface area contributed by atoms with Gasteiger partial charge >= 0.3 is 5.97 Å². The quantitative estimate of drug-likeness (QED) is 0.853. The molecule has 0 radical (unpaired) electrons. The second-order valence-electron chi connectivity index (χ2n) is 5.04. The van der Waals surface area contributed by atoms with E-state index in [2.05, 4.69) is 12.2 Å². The molecule has 0 heterocycles. The van der Waals surface area contributed by atoms with E-state index in [1.54, 1.807) is 0 Å². The number of halogens is 1. The fraction of sp³-hybridized carbons (Fsp3) is 0.235. The minimum absolute atomic E-state index is 0.0644. The lowest BCUT2D eigenvalue weighted by Gasteiger charge is -2.14. The van der Waals surface area contributed by atoms with Crippen LogP contribution in [0.5, 0.6) is 0 Å². The third kappa shape index (κ3) is 4.88. The first kappa shape index (κ1) is 15.5. The highest BCUT2D eigenvalue weighted by Crippen LogP contribution is 2.16. The van der Waals surface area contributed by atoms with Gasteiger partial charge in [-0.05, 0) is 35.7 Å². The molecule has 0 bridgehead atoms. The smallest absolute Gasteiger partial charge is 0.307 e. The monoisotopic (exact) mass is 303 g/mol. The highest BCUT2D eigenvalue weighted by atomic mass is 35.5. The van der Waals surface area contributed by atoms with Crippen molar-refractivity contribution in [2.45, 2.75) is 25.9 Å². The Morgan fingerprint density at radius 2 is 1.67 bits per heavy atom. The van der Waals surface area contributed by atoms with Crippen molar-refractivity contribution in [3.63, 3.8) is 0 Å². The van der Waals surface area contributed by atoms with Crippen molar-refractivity contribution in [1.29, 1.82) is 0 Å². The normalized spacial score (nSPS) is 12.1. The average molecular weight is 304 g/mol. The predicted molar refractivity (Wildman–Crippen MR) is 84.5 cm³/mol. The van der Waals surface area contributed by atoms with Gasteiger partial charge in [0.15, 0.2) is 0 Å². The molecule has 4 heteroatoms. The van der Waals surface area contributed by atoms with E-state index in [1.807, 2.05) is 48.5 Å². The summed E-state index contributed by atoms with van der Waals surface area (Å²) in [5.41, 5.74) is 3.13. The van der Waals surface area contributed by atoms with Gasteiger partial charge < -0.3 is 10.4 Å². The van der Waals surface area contributed by atoms with Crippen LogP contribution in [0.1, 0.15) is 29.7 Å². The van der Waals surface area contributed by atoms with Gasteiger partial charge in [-0.1, -0.05) is 48.0 Å². The molecule has 1 atom stereocenters. The molecule has 0 aliphatic carbocycles. The molecule has 0 aliphatic rings. The minimum Gasteiger partial charge on any atom is -0.481 e. The largest absolute Gasteiger partial charge is 0.481 e. The number of nitrogens with one attached hydrogen (secondary N) is 1. The molecule has 21 heavy (non-hydrogen) atoms. The summed E-state index contributed by atoms with van der Waals surface area (Å²) in [6.07, 6.45) is 0.0644. The Hall–Kier alpha value is -1.84. The van der Waals surface area contributed by atoms with Crippen molar-refractivity contribution in [2.24, 2.45) is 0 Å². The third-order valence-corrected chi connectivity index (χ3v) is 3.61. The summed E-state index contributed by atoms with van der Waals surface area (Å²) < 4.78 is 0. The number of hydrogen-bond donors (Lipinski definition) is 2. The molecule has 0 spiro atoms.